The summed E-state index contributed by atoms with van der Waals surface area (Å²) < 4.78 is 0. The number of anilines is 1. The quantitative estimate of drug-likeness (QED) is 0.720. The number of amides is 1. The van der Waals surface area contributed by atoms with Crippen molar-refractivity contribution in [3.63, 3.8) is 0 Å². The minimum Gasteiger partial charge on any atom is -0.321 e. The molecule has 0 bridgehead atoms. The maximum absolute atomic E-state index is 12.8. The predicted molar refractivity (Wildman–Crippen MR) is 99.8 cm³/mol. The largest absolute Gasteiger partial charge is 0.321 e. The van der Waals surface area contributed by atoms with Gasteiger partial charge in [-0.15, -0.1) is 0 Å². The Morgan fingerprint density at radius 1 is 0.875 bits per heavy atom. The molecule has 3 rings (SSSR count). The van der Waals surface area contributed by atoms with Gasteiger partial charge in [0, 0.05) is 11.1 Å². The highest BCUT2D eigenvalue weighted by molar-refractivity contribution is 6.07. The number of rotatable bonds is 2. The molecule has 1 amide bonds. The van der Waals surface area contributed by atoms with E-state index in [1.54, 1.807) is 0 Å². The summed E-state index contributed by atoms with van der Waals surface area (Å²) in [4.78, 5) is 17.4. The molecular weight excluding hydrogens is 296 g/mol. The van der Waals surface area contributed by atoms with Crippen LogP contribution in [0.1, 0.15) is 38.3 Å². The lowest BCUT2D eigenvalue weighted by Gasteiger charge is -2.14. The van der Waals surface area contributed by atoms with Gasteiger partial charge in [0.2, 0.25) is 0 Å². The maximum atomic E-state index is 12.8. The molecule has 0 spiro atoms. The molecule has 0 radical (unpaired) electrons. The van der Waals surface area contributed by atoms with Crippen LogP contribution < -0.4 is 5.32 Å². The molecule has 0 aliphatic heterocycles. The zero-order valence-electron chi connectivity index (χ0n) is 14.8. The zero-order valence-corrected chi connectivity index (χ0v) is 14.8. The molecule has 24 heavy (non-hydrogen) atoms. The molecule has 0 aliphatic rings. The van der Waals surface area contributed by atoms with Crippen LogP contribution in [0.4, 0.5) is 5.69 Å². The topological polar surface area (TPSA) is 42.0 Å². The fourth-order valence-corrected chi connectivity index (χ4v) is 3.18. The Balaban J connectivity index is 2.01. The molecule has 0 unspecified atom stereocenters. The lowest BCUT2D eigenvalue weighted by Crippen LogP contribution is -2.16. The molecular formula is C21H22N2O. The van der Waals surface area contributed by atoms with Gasteiger partial charge in [-0.1, -0.05) is 29.3 Å². The van der Waals surface area contributed by atoms with Gasteiger partial charge in [0.1, 0.15) is 0 Å². The van der Waals surface area contributed by atoms with Gasteiger partial charge in [0.05, 0.1) is 16.8 Å². The van der Waals surface area contributed by atoms with Gasteiger partial charge in [-0.2, -0.15) is 0 Å². The lowest BCUT2D eigenvalue weighted by molar-refractivity contribution is 0.102. The van der Waals surface area contributed by atoms with Crippen LogP contribution in [0.3, 0.4) is 0 Å². The van der Waals surface area contributed by atoms with Crippen molar-refractivity contribution in [3.8, 4) is 0 Å². The molecule has 1 N–H and O–H groups in total. The Hall–Kier alpha value is -2.68. The van der Waals surface area contributed by atoms with Crippen LogP contribution in [0.2, 0.25) is 0 Å². The number of nitrogens with one attached hydrogen (secondary N) is 1. The molecule has 3 aromatic rings. The third-order valence-electron chi connectivity index (χ3n) is 4.32. The number of carbonyl (C=O) groups is 1. The van der Waals surface area contributed by atoms with Gasteiger partial charge >= 0.3 is 0 Å². The number of hydrogen-bond donors (Lipinski definition) is 1. The van der Waals surface area contributed by atoms with E-state index in [4.69, 9.17) is 0 Å². The first-order chi connectivity index (χ1) is 11.3. The third kappa shape index (κ3) is 3.02. The fraction of sp³-hybridized carbons (Fsp3) is 0.238. The van der Waals surface area contributed by atoms with E-state index in [2.05, 4.69) is 35.4 Å². The van der Waals surface area contributed by atoms with Gasteiger partial charge in [-0.05, 0) is 63.9 Å². The van der Waals surface area contributed by atoms with E-state index in [-0.39, 0.29) is 5.91 Å². The van der Waals surface area contributed by atoms with Crippen LogP contribution in [-0.2, 0) is 0 Å². The molecule has 3 nitrogen and oxygen atoms in total. The number of aryl methyl sites for hydroxylation is 5. The van der Waals surface area contributed by atoms with Crippen molar-refractivity contribution < 1.29 is 4.79 Å². The van der Waals surface area contributed by atoms with E-state index in [1.807, 2.05) is 45.9 Å². The van der Waals surface area contributed by atoms with Gasteiger partial charge < -0.3 is 5.32 Å². The summed E-state index contributed by atoms with van der Waals surface area (Å²) >= 11 is 0. The van der Waals surface area contributed by atoms with Crippen molar-refractivity contribution in [2.24, 2.45) is 0 Å². The summed E-state index contributed by atoms with van der Waals surface area (Å²) in [7, 11) is 0. The van der Waals surface area contributed by atoms with E-state index in [0.29, 0.717) is 5.56 Å². The SMILES string of the molecule is Cc1cc(C)c(NC(=O)c2cc3cc(C)ccc3nc2C)c(C)c1. The second-order valence-electron chi connectivity index (χ2n) is 6.55. The van der Waals surface area contributed by atoms with Crippen molar-refractivity contribution in [1.29, 1.82) is 0 Å². The minimum absolute atomic E-state index is 0.113. The smallest absolute Gasteiger partial charge is 0.257 e. The fourth-order valence-electron chi connectivity index (χ4n) is 3.18. The minimum atomic E-state index is -0.113. The third-order valence-corrected chi connectivity index (χ3v) is 4.32. The van der Waals surface area contributed by atoms with Gasteiger partial charge in [-0.25, -0.2) is 0 Å². The first kappa shape index (κ1) is 16.2. The Kier molecular flexibility index (Phi) is 4.10. The molecule has 1 heterocycles. The average molecular weight is 318 g/mol. The van der Waals surface area contributed by atoms with Gasteiger partial charge in [-0.3, -0.25) is 9.78 Å². The molecule has 2 aromatic carbocycles. The number of fused-ring (bicyclic) bond motifs is 1. The highest BCUT2D eigenvalue weighted by Gasteiger charge is 2.14. The lowest BCUT2D eigenvalue weighted by atomic mass is 10.0. The molecule has 0 saturated carbocycles. The number of aromatic nitrogens is 1. The second kappa shape index (κ2) is 6.08. The van der Waals surface area contributed by atoms with E-state index in [1.165, 1.54) is 5.56 Å². The predicted octanol–water partition coefficient (Wildman–Crippen LogP) is 5.03. The van der Waals surface area contributed by atoms with Crippen molar-refractivity contribution in [1.82, 2.24) is 4.98 Å². The van der Waals surface area contributed by atoms with E-state index < -0.39 is 0 Å². The number of benzene rings is 2. The molecule has 122 valence electrons. The summed E-state index contributed by atoms with van der Waals surface area (Å²) in [6.07, 6.45) is 0. The summed E-state index contributed by atoms with van der Waals surface area (Å²) in [5.41, 5.74) is 7.66. The molecule has 3 heteroatoms. The Morgan fingerprint density at radius 3 is 2.21 bits per heavy atom. The first-order valence-electron chi connectivity index (χ1n) is 8.12. The molecule has 1 aromatic heterocycles. The number of carbonyl (C=O) groups excluding carboxylic acids is 1. The van der Waals surface area contributed by atoms with Gasteiger partial charge in [0.25, 0.3) is 5.91 Å². The van der Waals surface area contributed by atoms with Crippen LogP contribution in [0.5, 0.6) is 0 Å². The summed E-state index contributed by atoms with van der Waals surface area (Å²) in [5.74, 6) is -0.113. The van der Waals surface area contributed by atoms with E-state index in [9.17, 15) is 4.79 Å². The number of hydrogen-bond acceptors (Lipinski definition) is 2. The molecule has 0 atom stereocenters. The van der Waals surface area contributed by atoms with Gasteiger partial charge in [0.15, 0.2) is 0 Å². The Labute approximate surface area is 142 Å². The van der Waals surface area contributed by atoms with Crippen LogP contribution in [0.15, 0.2) is 36.4 Å². The number of nitrogens with zero attached hydrogens (tertiary/aromatic N) is 1. The van der Waals surface area contributed by atoms with Crippen molar-refractivity contribution in [3.05, 3.63) is 69.9 Å². The molecule has 0 fully saturated rings. The zero-order chi connectivity index (χ0) is 17.4. The molecule has 0 aliphatic carbocycles. The Bertz CT molecular complexity index is 934. The summed E-state index contributed by atoms with van der Waals surface area (Å²) in [6.45, 7) is 10.0. The average Bonchev–Trinajstić information content (AvgIpc) is 2.50. The van der Waals surface area contributed by atoms with Crippen molar-refractivity contribution in [2.45, 2.75) is 34.6 Å². The van der Waals surface area contributed by atoms with Crippen molar-refractivity contribution >= 4 is 22.5 Å². The monoisotopic (exact) mass is 318 g/mol. The standard InChI is InChI=1S/C21H22N2O/c1-12-6-7-19-17(10-12)11-18(16(5)22-19)21(24)23-20-14(3)8-13(2)9-15(20)4/h6-11H,1-5H3,(H,23,24). The van der Waals surface area contributed by atoms with Crippen LogP contribution in [-0.4, -0.2) is 10.9 Å². The van der Waals surface area contributed by atoms with Crippen LogP contribution in [0.25, 0.3) is 10.9 Å². The van der Waals surface area contributed by atoms with Crippen LogP contribution in [0, 0.1) is 34.6 Å². The van der Waals surface area contributed by atoms with Crippen LogP contribution >= 0.6 is 0 Å². The highest BCUT2D eigenvalue weighted by Crippen LogP contribution is 2.24. The number of pyridine rings is 1. The maximum Gasteiger partial charge on any atom is 0.257 e. The summed E-state index contributed by atoms with van der Waals surface area (Å²) in [5, 5.41) is 4.05. The Morgan fingerprint density at radius 2 is 1.54 bits per heavy atom. The highest BCUT2D eigenvalue weighted by atomic mass is 16.1. The second-order valence-corrected chi connectivity index (χ2v) is 6.55. The molecule has 0 saturated heterocycles. The summed E-state index contributed by atoms with van der Waals surface area (Å²) in [6, 6.07) is 12.2. The van der Waals surface area contributed by atoms with E-state index >= 15 is 0 Å². The van der Waals surface area contributed by atoms with Crippen molar-refractivity contribution in [2.75, 3.05) is 5.32 Å². The normalized spacial score (nSPS) is 10.9. The first-order valence-corrected chi connectivity index (χ1v) is 8.12. The van der Waals surface area contributed by atoms with E-state index in [0.717, 1.165) is 39.0 Å².